The van der Waals surface area contributed by atoms with Crippen LogP contribution in [0.15, 0.2) is 53.5 Å². The van der Waals surface area contributed by atoms with Crippen LogP contribution in [0.1, 0.15) is 17.5 Å². The van der Waals surface area contributed by atoms with E-state index in [1.54, 1.807) is 20.2 Å². The summed E-state index contributed by atoms with van der Waals surface area (Å²) in [6.07, 6.45) is 2.61. The number of hydrogen-bond acceptors (Lipinski definition) is 2. The SMILES string of the molecule is CN=C(NCCCc1ccc(OC)cc1)NCCc1ccccc1F.I. The molecule has 0 aliphatic rings. The second-order valence-corrected chi connectivity index (χ2v) is 5.72. The van der Waals surface area contributed by atoms with Crippen molar-refractivity contribution in [1.29, 1.82) is 0 Å². The summed E-state index contributed by atoms with van der Waals surface area (Å²) in [6, 6.07) is 15.0. The van der Waals surface area contributed by atoms with Crippen molar-refractivity contribution in [2.24, 2.45) is 4.99 Å². The van der Waals surface area contributed by atoms with Crippen molar-refractivity contribution in [1.82, 2.24) is 10.6 Å². The zero-order valence-electron chi connectivity index (χ0n) is 15.3. The topological polar surface area (TPSA) is 45.7 Å². The molecule has 0 aromatic heterocycles. The predicted octanol–water partition coefficient (Wildman–Crippen LogP) is 3.79. The van der Waals surface area contributed by atoms with E-state index < -0.39 is 0 Å². The fourth-order valence-electron chi connectivity index (χ4n) is 2.53. The number of nitrogens with one attached hydrogen (secondary N) is 2. The Morgan fingerprint density at radius 1 is 1.00 bits per heavy atom. The number of hydrogen-bond donors (Lipinski definition) is 2. The van der Waals surface area contributed by atoms with Crippen molar-refractivity contribution >= 4 is 29.9 Å². The molecule has 0 atom stereocenters. The molecule has 0 aliphatic carbocycles. The maximum absolute atomic E-state index is 13.6. The van der Waals surface area contributed by atoms with Gasteiger partial charge in [0.25, 0.3) is 0 Å². The molecule has 2 N–H and O–H groups in total. The molecule has 0 heterocycles. The standard InChI is InChI=1S/C20H26FN3O.HI/c1-22-20(24-15-13-17-7-3-4-8-19(17)21)23-14-5-6-16-9-11-18(25-2)12-10-16;/h3-4,7-12H,5-6,13-15H2,1-2H3,(H2,22,23,24);1H. The van der Waals surface area contributed by atoms with E-state index in [4.69, 9.17) is 4.74 Å². The molecule has 0 fully saturated rings. The summed E-state index contributed by atoms with van der Waals surface area (Å²) in [4.78, 5) is 4.19. The summed E-state index contributed by atoms with van der Waals surface area (Å²) < 4.78 is 18.7. The second-order valence-electron chi connectivity index (χ2n) is 5.72. The fourth-order valence-corrected chi connectivity index (χ4v) is 2.53. The highest BCUT2D eigenvalue weighted by atomic mass is 127. The molecule has 0 saturated heterocycles. The summed E-state index contributed by atoms with van der Waals surface area (Å²) in [5.41, 5.74) is 2.00. The van der Waals surface area contributed by atoms with Crippen LogP contribution in [0.5, 0.6) is 5.75 Å². The van der Waals surface area contributed by atoms with E-state index >= 15 is 0 Å². The molecule has 0 bridgehead atoms. The van der Waals surface area contributed by atoms with Gasteiger partial charge in [-0.15, -0.1) is 24.0 Å². The van der Waals surface area contributed by atoms with E-state index in [1.165, 1.54) is 11.6 Å². The van der Waals surface area contributed by atoms with Gasteiger partial charge >= 0.3 is 0 Å². The van der Waals surface area contributed by atoms with Gasteiger partial charge in [-0.1, -0.05) is 30.3 Å². The summed E-state index contributed by atoms with van der Waals surface area (Å²) in [7, 11) is 3.41. The van der Waals surface area contributed by atoms with Gasteiger partial charge in [0.15, 0.2) is 5.96 Å². The molecule has 4 nitrogen and oxygen atoms in total. The van der Waals surface area contributed by atoms with Gasteiger partial charge in [0.05, 0.1) is 7.11 Å². The van der Waals surface area contributed by atoms with Gasteiger partial charge in [-0.05, 0) is 48.6 Å². The molecule has 0 unspecified atom stereocenters. The van der Waals surface area contributed by atoms with Crippen LogP contribution in [0, 0.1) is 5.82 Å². The Balaban J connectivity index is 0.00000338. The molecular formula is C20H27FIN3O. The van der Waals surface area contributed by atoms with Crippen molar-refractivity contribution in [3.8, 4) is 5.75 Å². The number of guanidine groups is 1. The van der Waals surface area contributed by atoms with Gasteiger partial charge in [-0.2, -0.15) is 0 Å². The average molecular weight is 471 g/mol. The third-order valence-electron chi connectivity index (χ3n) is 3.96. The van der Waals surface area contributed by atoms with Crippen molar-refractivity contribution in [3.05, 3.63) is 65.5 Å². The smallest absolute Gasteiger partial charge is 0.190 e. The molecular weight excluding hydrogens is 444 g/mol. The van der Waals surface area contributed by atoms with Crippen LogP contribution in [-0.4, -0.2) is 33.2 Å². The van der Waals surface area contributed by atoms with E-state index in [1.807, 2.05) is 24.3 Å². The number of methoxy groups -OCH3 is 1. The van der Waals surface area contributed by atoms with Crippen molar-refractivity contribution in [2.75, 3.05) is 27.2 Å². The Morgan fingerprint density at radius 3 is 2.35 bits per heavy atom. The fraction of sp³-hybridized carbons (Fsp3) is 0.350. The molecule has 2 aromatic rings. The third-order valence-corrected chi connectivity index (χ3v) is 3.96. The van der Waals surface area contributed by atoms with Crippen LogP contribution < -0.4 is 15.4 Å². The molecule has 0 aliphatic heterocycles. The van der Waals surface area contributed by atoms with Gasteiger partial charge in [0.2, 0.25) is 0 Å². The number of ether oxygens (including phenoxy) is 1. The molecule has 2 aromatic carbocycles. The molecule has 26 heavy (non-hydrogen) atoms. The first-order valence-corrected chi connectivity index (χ1v) is 8.54. The highest BCUT2D eigenvalue weighted by Gasteiger charge is 2.02. The number of aryl methyl sites for hydroxylation is 1. The van der Waals surface area contributed by atoms with E-state index in [-0.39, 0.29) is 29.8 Å². The lowest BCUT2D eigenvalue weighted by Crippen LogP contribution is -2.38. The molecule has 0 amide bonds. The minimum atomic E-state index is -0.160. The number of aliphatic imine (C=N–C) groups is 1. The highest BCUT2D eigenvalue weighted by Crippen LogP contribution is 2.12. The second kappa shape index (κ2) is 12.5. The normalized spacial score (nSPS) is 10.8. The average Bonchev–Trinajstić information content (AvgIpc) is 2.65. The lowest BCUT2D eigenvalue weighted by molar-refractivity contribution is 0.414. The lowest BCUT2D eigenvalue weighted by atomic mass is 10.1. The summed E-state index contributed by atoms with van der Waals surface area (Å²) >= 11 is 0. The van der Waals surface area contributed by atoms with E-state index in [0.29, 0.717) is 18.5 Å². The summed E-state index contributed by atoms with van der Waals surface area (Å²) in [6.45, 7) is 1.46. The van der Waals surface area contributed by atoms with E-state index in [0.717, 1.165) is 31.1 Å². The minimum absolute atomic E-state index is 0. The van der Waals surface area contributed by atoms with Crippen molar-refractivity contribution in [3.63, 3.8) is 0 Å². The molecule has 0 saturated carbocycles. The van der Waals surface area contributed by atoms with Gasteiger partial charge in [-0.25, -0.2) is 4.39 Å². The van der Waals surface area contributed by atoms with Crippen LogP contribution in [0.3, 0.4) is 0 Å². The van der Waals surface area contributed by atoms with Gasteiger partial charge in [0, 0.05) is 20.1 Å². The zero-order chi connectivity index (χ0) is 17.9. The van der Waals surface area contributed by atoms with Crippen molar-refractivity contribution in [2.45, 2.75) is 19.3 Å². The molecule has 2 rings (SSSR count). The number of rotatable bonds is 8. The number of benzene rings is 2. The Kier molecular flexibility index (Phi) is 10.7. The van der Waals surface area contributed by atoms with Gasteiger partial charge < -0.3 is 15.4 Å². The van der Waals surface area contributed by atoms with Gasteiger partial charge in [-0.3, -0.25) is 4.99 Å². The Morgan fingerprint density at radius 2 is 1.69 bits per heavy atom. The maximum Gasteiger partial charge on any atom is 0.190 e. The molecule has 0 radical (unpaired) electrons. The quantitative estimate of drug-likeness (QED) is 0.267. The molecule has 0 spiro atoms. The minimum Gasteiger partial charge on any atom is -0.497 e. The third kappa shape index (κ3) is 7.59. The first kappa shape index (κ1) is 22.2. The highest BCUT2D eigenvalue weighted by molar-refractivity contribution is 14.0. The lowest BCUT2D eigenvalue weighted by Gasteiger charge is -2.12. The van der Waals surface area contributed by atoms with Crippen molar-refractivity contribution < 1.29 is 9.13 Å². The Labute approximate surface area is 172 Å². The van der Waals surface area contributed by atoms with E-state index in [2.05, 4.69) is 27.8 Å². The zero-order valence-corrected chi connectivity index (χ0v) is 17.6. The predicted molar refractivity (Wildman–Crippen MR) is 116 cm³/mol. The first-order chi connectivity index (χ1) is 12.2. The largest absolute Gasteiger partial charge is 0.497 e. The molecule has 142 valence electrons. The van der Waals surface area contributed by atoms with Crippen LogP contribution in [0.2, 0.25) is 0 Å². The first-order valence-electron chi connectivity index (χ1n) is 8.54. The summed E-state index contributed by atoms with van der Waals surface area (Å²) in [5, 5.41) is 6.50. The van der Waals surface area contributed by atoms with Crippen LogP contribution in [-0.2, 0) is 12.8 Å². The maximum atomic E-state index is 13.6. The van der Waals surface area contributed by atoms with Crippen LogP contribution >= 0.6 is 24.0 Å². The van der Waals surface area contributed by atoms with E-state index in [9.17, 15) is 4.39 Å². The Bertz CT molecular complexity index is 677. The van der Waals surface area contributed by atoms with Gasteiger partial charge in [0.1, 0.15) is 11.6 Å². The monoisotopic (exact) mass is 471 g/mol. The van der Waals surface area contributed by atoms with Crippen LogP contribution in [0.25, 0.3) is 0 Å². The van der Waals surface area contributed by atoms with Crippen LogP contribution in [0.4, 0.5) is 4.39 Å². The molecule has 6 heteroatoms. The number of nitrogens with zero attached hydrogens (tertiary/aromatic N) is 1. The Hall–Kier alpha value is -1.83. The summed E-state index contributed by atoms with van der Waals surface area (Å²) in [5.74, 6) is 1.46. The number of halogens is 2.